The van der Waals surface area contributed by atoms with Crippen LogP contribution in [0.15, 0.2) is 30.3 Å². The Kier molecular flexibility index (Phi) is 4.34. The predicted octanol–water partition coefficient (Wildman–Crippen LogP) is 3.44. The van der Waals surface area contributed by atoms with Crippen molar-refractivity contribution in [2.75, 3.05) is 6.54 Å². The summed E-state index contributed by atoms with van der Waals surface area (Å²) in [5.41, 5.74) is 0.514. The molecule has 1 atom stereocenters. The van der Waals surface area contributed by atoms with E-state index in [0.29, 0.717) is 0 Å². The molecule has 0 N–H and O–H groups in total. The SMILES string of the molecule is CC(C)(C)OC(=O)N1CCCC1C#Cc1ccccc1. The first-order valence-electron chi connectivity index (χ1n) is 7.02. The van der Waals surface area contributed by atoms with E-state index in [4.69, 9.17) is 4.74 Å². The third-order valence-electron chi connectivity index (χ3n) is 3.04. The van der Waals surface area contributed by atoms with Crippen LogP contribution in [0.2, 0.25) is 0 Å². The summed E-state index contributed by atoms with van der Waals surface area (Å²) in [6.45, 7) is 6.37. The highest BCUT2D eigenvalue weighted by molar-refractivity contribution is 5.69. The van der Waals surface area contributed by atoms with Gasteiger partial charge in [0.1, 0.15) is 5.60 Å². The largest absolute Gasteiger partial charge is 0.444 e. The lowest BCUT2D eigenvalue weighted by Crippen LogP contribution is -2.39. The van der Waals surface area contributed by atoms with Crippen LogP contribution in [0.5, 0.6) is 0 Å². The average molecular weight is 271 g/mol. The molecule has 0 aromatic heterocycles. The highest BCUT2D eigenvalue weighted by Gasteiger charge is 2.30. The zero-order valence-electron chi connectivity index (χ0n) is 12.3. The Morgan fingerprint density at radius 3 is 2.65 bits per heavy atom. The number of rotatable bonds is 0. The molecule has 1 saturated heterocycles. The number of nitrogens with zero attached hydrogens (tertiary/aromatic N) is 1. The van der Waals surface area contributed by atoms with E-state index in [1.54, 1.807) is 4.90 Å². The van der Waals surface area contributed by atoms with Crippen molar-refractivity contribution < 1.29 is 9.53 Å². The molecule has 20 heavy (non-hydrogen) atoms. The molecule has 0 aliphatic carbocycles. The Morgan fingerprint density at radius 2 is 2.00 bits per heavy atom. The second-order valence-corrected chi connectivity index (χ2v) is 5.97. The summed E-state index contributed by atoms with van der Waals surface area (Å²) in [7, 11) is 0. The Morgan fingerprint density at radius 1 is 1.30 bits per heavy atom. The third-order valence-corrected chi connectivity index (χ3v) is 3.04. The average Bonchev–Trinajstić information content (AvgIpc) is 2.84. The van der Waals surface area contributed by atoms with Crippen LogP contribution in [0.25, 0.3) is 0 Å². The number of carbonyl (C=O) groups is 1. The molecule has 3 heteroatoms. The molecule has 106 valence electrons. The van der Waals surface area contributed by atoms with Crippen LogP contribution < -0.4 is 0 Å². The molecular weight excluding hydrogens is 250 g/mol. The maximum absolute atomic E-state index is 12.1. The Bertz CT molecular complexity index is 519. The van der Waals surface area contributed by atoms with Gasteiger partial charge in [0.05, 0.1) is 6.04 Å². The number of likely N-dealkylation sites (tertiary alicyclic amines) is 1. The monoisotopic (exact) mass is 271 g/mol. The maximum atomic E-state index is 12.1. The fourth-order valence-corrected chi connectivity index (χ4v) is 2.14. The fourth-order valence-electron chi connectivity index (χ4n) is 2.14. The van der Waals surface area contributed by atoms with Gasteiger partial charge < -0.3 is 4.74 Å². The van der Waals surface area contributed by atoms with Crippen molar-refractivity contribution in [3.05, 3.63) is 35.9 Å². The first-order chi connectivity index (χ1) is 9.46. The number of hydrogen-bond donors (Lipinski definition) is 0. The fraction of sp³-hybridized carbons (Fsp3) is 0.471. The quantitative estimate of drug-likeness (QED) is 0.676. The first kappa shape index (κ1) is 14.5. The number of ether oxygens (including phenoxy) is 1. The Balaban J connectivity index is 2.05. The predicted molar refractivity (Wildman–Crippen MR) is 79.3 cm³/mol. The van der Waals surface area contributed by atoms with Crippen LogP contribution in [0.1, 0.15) is 39.2 Å². The summed E-state index contributed by atoms with van der Waals surface area (Å²) in [5.74, 6) is 6.32. The van der Waals surface area contributed by atoms with Gasteiger partial charge in [-0.2, -0.15) is 0 Å². The number of hydrogen-bond acceptors (Lipinski definition) is 2. The van der Waals surface area contributed by atoms with Gasteiger partial charge in [0.25, 0.3) is 0 Å². The molecule has 0 bridgehead atoms. The summed E-state index contributed by atoms with van der Waals surface area (Å²) >= 11 is 0. The molecule has 1 fully saturated rings. The van der Waals surface area contributed by atoms with E-state index in [9.17, 15) is 4.79 Å². The molecule has 1 aromatic carbocycles. The van der Waals surface area contributed by atoms with E-state index >= 15 is 0 Å². The molecule has 3 nitrogen and oxygen atoms in total. The number of carbonyl (C=O) groups excluding carboxylic acids is 1. The highest BCUT2D eigenvalue weighted by atomic mass is 16.6. The molecule has 1 aromatic rings. The van der Waals surface area contributed by atoms with E-state index in [-0.39, 0.29) is 12.1 Å². The van der Waals surface area contributed by atoms with E-state index in [2.05, 4.69) is 11.8 Å². The molecule has 1 aliphatic heterocycles. The van der Waals surface area contributed by atoms with Crippen LogP contribution in [0.4, 0.5) is 4.79 Å². The molecule has 0 spiro atoms. The minimum atomic E-state index is -0.461. The summed E-state index contributed by atoms with van der Waals surface area (Å²) in [6.07, 6.45) is 1.63. The third kappa shape index (κ3) is 4.03. The van der Waals surface area contributed by atoms with Crippen molar-refractivity contribution >= 4 is 6.09 Å². The smallest absolute Gasteiger partial charge is 0.411 e. The minimum absolute atomic E-state index is 0.0370. The van der Waals surface area contributed by atoms with Gasteiger partial charge in [0, 0.05) is 12.1 Å². The Hall–Kier alpha value is -1.95. The summed E-state index contributed by atoms with van der Waals surface area (Å²) in [5, 5.41) is 0. The summed E-state index contributed by atoms with van der Waals surface area (Å²) in [6, 6.07) is 9.80. The zero-order chi connectivity index (χ0) is 14.6. The molecule has 1 amide bonds. The minimum Gasteiger partial charge on any atom is -0.444 e. The molecular formula is C17H21NO2. The van der Waals surface area contributed by atoms with Gasteiger partial charge in [-0.1, -0.05) is 30.0 Å². The zero-order valence-corrected chi connectivity index (χ0v) is 12.3. The van der Waals surface area contributed by atoms with Crippen LogP contribution in [-0.2, 0) is 4.74 Å². The molecule has 1 aliphatic rings. The van der Waals surface area contributed by atoms with Gasteiger partial charge in [-0.25, -0.2) is 4.79 Å². The van der Waals surface area contributed by atoms with Crippen molar-refractivity contribution in [3.63, 3.8) is 0 Å². The van der Waals surface area contributed by atoms with Crippen LogP contribution in [0, 0.1) is 11.8 Å². The molecule has 1 heterocycles. The molecule has 2 rings (SSSR count). The summed E-state index contributed by atoms with van der Waals surface area (Å²) < 4.78 is 5.42. The normalized spacial score (nSPS) is 18.4. The Labute approximate surface area is 120 Å². The van der Waals surface area contributed by atoms with E-state index < -0.39 is 5.60 Å². The topological polar surface area (TPSA) is 29.5 Å². The van der Waals surface area contributed by atoms with Crippen molar-refractivity contribution in [1.82, 2.24) is 4.90 Å². The van der Waals surface area contributed by atoms with Gasteiger partial charge in [0.2, 0.25) is 0 Å². The van der Waals surface area contributed by atoms with E-state index in [1.807, 2.05) is 51.1 Å². The highest BCUT2D eigenvalue weighted by Crippen LogP contribution is 2.20. The van der Waals surface area contributed by atoms with Gasteiger partial charge in [-0.3, -0.25) is 4.90 Å². The van der Waals surface area contributed by atoms with Crippen molar-refractivity contribution in [3.8, 4) is 11.8 Å². The van der Waals surface area contributed by atoms with Crippen LogP contribution in [-0.4, -0.2) is 29.2 Å². The van der Waals surface area contributed by atoms with Crippen molar-refractivity contribution in [2.24, 2.45) is 0 Å². The first-order valence-corrected chi connectivity index (χ1v) is 7.02. The lowest BCUT2D eigenvalue weighted by atomic mass is 10.2. The van der Waals surface area contributed by atoms with E-state index in [0.717, 1.165) is 24.9 Å². The lowest BCUT2D eigenvalue weighted by molar-refractivity contribution is 0.0261. The van der Waals surface area contributed by atoms with Crippen molar-refractivity contribution in [1.29, 1.82) is 0 Å². The second kappa shape index (κ2) is 6.00. The molecule has 0 radical (unpaired) electrons. The maximum Gasteiger partial charge on any atom is 0.411 e. The van der Waals surface area contributed by atoms with Gasteiger partial charge in [0.15, 0.2) is 0 Å². The van der Waals surface area contributed by atoms with Gasteiger partial charge >= 0.3 is 6.09 Å². The molecule has 0 saturated carbocycles. The number of benzene rings is 1. The van der Waals surface area contributed by atoms with Crippen molar-refractivity contribution in [2.45, 2.75) is 45.3 Å². The standard InChI is InChI=1S/C17H21NO2/c1-17(2,3)20-16(19)18-13-7-10-15(18)12-11-14-8-5-4-6-9-14/h4-6,8-9,15H,7,10,13H2,1-3H3. The number of amides is 1. The van der Waals surface area contributed by atoms with Crippen LogP contribution in [0.3, 0.4) is 0 Å². The van der Waals surface area contributed by atoms with E-state index in [1.165, 1.54) is 0 Å². The summed E-state index contributed by atoms with van der Waals surface area (Å²) in [4.78, 5) is 13.9. The van der Waals surface area contributed by atoms with Gasteiger partial charge in [-0.05, 0) is 45.7 Å². The second-order valence-electron chi connectivity index (χ2n) is 5.97. The lowest BCUT2D eigenvalue weighted by Gasteiger charge is -2.26. The molecule has 1 unspecified atom stereocenters. The van der Waals surface area contributed by atoms with Gasteiger partial charge in [-0.15, -0.1) is 0 Å². The van der Waals surface area contributed by atoms with Crippen LogP contribution >= 0.6 is 0 Å².